The number of thioether (sulfide) groups is 1. The maximum Gasteiger partial charge on any atom is 0.0114 e. The molecule has 0 saturated carbocycles. The van der Waals surface area contributed by atoms with Gasteiger partial charge in [-0.25, -0.2) is 0 Å². The first-order chi connectivity index (χ1) is 3.00. The zero-order valence-electron chi connectivity index (χ0n) is 3.53. The van der Waals surface area contributed by atoms with Gasteiger partial charge >= 0.3 is 0 Å². The van der Waals surface area contributed by atoms with Gasteiger partial charge in [0.15, 0.2) is 0 Å². The molecule has 1 heterocycles. The number of rotatable bonds is 0. The SMILES string of the molecule is C1PCSCP1. The monoisotopic (exact) mass is 138 g/mol. The highest BCUT2D eigenvalue weighted by Gasteiger charge is 1.94. The summed E-state index contributed by atoms with van der Waals surface area (Å²) in [7, 11) is 2.55. The average Bonchev–Trinajstić information content (AvgIpc) is 1.72. The van der Waals surface area contributed by atoms with Gasteiger partial charge in [-0.15, -0.1) is 17.2 Å². The van der Waals surface area contributed by atoms with Crippen LogP contribution in [0.5, 0.6) is 0 Å². The van der Waals surface area contributed by atoms with Gasteiger partial charge < -0.3 is 0 Å². The molecule has 2 atom stereocenters. The molecule has 0 spiro atoms. The normalized spacial score (nSPS) is 32.0. The average molecular weight is 138 g/mol. The fraction of sp³-hybridized carbons (Fsp3) is 1.00. The molecule has 1 rings (SSSR count). The van der Waals surface area contributed by atoms with E-state index in [2.05, 4.69) is 11.8 Å². The lowest BCUT2D eigenvalue weighted by atomic mass is 11.8. The summed E-state index contributed by atoms with van der Waals surface area (Å²) < 4.78 is 0. The largest absolute Gasteiger partial charge is 0.153 e. The molecule has 0 aromatic heterocycles. The van der Waals surface area contributed by atoms with Crippen molar-refractivity contribution in [1.29, 1.82) is 0 Å². The Hall–Kier alpha value is 1.21. The fourth-order valence-corrected chi connectivity index (χ4v) is 6.23. The van der Waals surface area contributed by atoms with Gasteiger partial charge in [-0.05, 0) is 5.90 Å². The molecule has 0 radical (unpaired) electrons. The smallest absolute Gasteiger partial charge is 0.0114 e. The first kappa shape index (κ1) is 5.35. The van der Waals surface area contributed by atoms with Gasteiger partial charge in [-0.2, -0.15) is 11.8 Å². The van der Waals surface area contributed by atoms with E-state index in [1.165, 1.54) is 34.1 Å². The van der Waals surface area contributed by atoms with Crippen LogP contribution in [0.2, 0.25) is 0 Å². The molecule has 0 N–H and O–H groups in total. The molecule has 0 aromatic rings. The van der Waals surface area contributed by atoms with E-state index in [0.29, 0.717) is 0 Å². The lowest BCUT2D eigenvalue weighted by Crippen LogP contribution is -1.77. The van der Waals surface area contributed by atoms with Crippen molar-refractivity contribution in [2.45, 2.75) is 0 Å². The van der Waals surface area contributed by atoms with Crippen molar-refractivity contribution < 1.29 is 0 Å². The van der Waals surface area contributed by atoms with Crippen molar-refractivity contribution in [2.75, 3.05) is 16.9 Å². The van der Waals surface area contributed by atoms with Crippen LogP contribution in [-0.2, 0) is 0 Å². The van der Waals surface area contributed by atoms with Gasteiger partial charge in [-0.3, -0.25) is 0 Å². The van der Waals surface area contributed by atoms with E-state index in [1.54, 1.807) is 0 Å². The third-order valence-corrected chi connectivity index (χ3v) is 5.92. The van der Waals surface area contributed by atoms with Gasteiger partial charge in [0.2, 0.25) is 0 Å². The summed E-state index contributed by atoms with van der Waals surface area (Å²) in [6, 6.07) is 0. The van der Waals surface area contributed by atoms with Gasteiger partial charge in [0, 0.05) is 11.0 Å². The molecule has 0 aliphatic carbocycles. The van der Waals surface area contributed by atoms with Crippen molar-refractivity contribution in [3.05, 3.63) is 0 Å². The molecule has 0 bridgehead atoms. The second kappa shape index (κ2) is 3.24. The van der Waals surface area contributed by atoms with E-state index in [-0.39, 0.29) is 0 Å². The zero-order valence-corrected chi connectivity index (χ0v) is 6.35. The molecule has 2 unspecified atom stereocenters. The van der Waals surface area contributed by atoms with Crippen LogP contribution in [0.1, 0.15) is 0 Å². The predicted octanol–water partition coefficient (Wildman–Crippen LogP) is 1.96. The van der Waals surface area contributed by atoms with Crippen LogP contribution < -0.4 is 0 Å². The predicted molar refractivity (Wildman–Crippen MR) is 38.8 cm³/mol. The summed E-state index contributed by atoms with van der Waals surface area (Å²) in [5.74, 6) is 1.53. The quantitative estimate of drug-likeness (QED) is 0.461. The summed E-state index contributed by atoms with van der Waals surface area (Å²) >= 11 is 2.12. The van der Waals surface area contributed by atoms with Gasteiger partial charge in [0.25, 0.3) is 0 Å². The van der Waals surface area contributed by atoms with E-state index in [0.717, 1.165) is 0 Å². The maximum atomic E-state index is 2.12. The summed E-state index contributed by atoms with van der Waals surface area (Å²) in [6.07, 6.45) is 0. The minimum atomic E-state index is 1.28. The van der Waals surface area contributed by atoms with Gasteiger partial charge in [-0.1, -0.05) is 0 Å². The minimum absolute atomic E-state index is 1.28. The molecule has 36 valence electrons. The van der Waals surface area contributed by atoms with Crippen molar-refractivity contribution in [1.82, 2.24) is 0 Å². The molecule has 1 fully saturated rings. The number of hydrogen-bond donors (Lipinski definition) is 0. The Morgan fingerprint density at radius 1 is 1.17 bits per heavy atom. The molecule has 6 heavy (non-hydrogen) atoms. The molecule has 1 aliphatic rings. The highest BCUT2D eigenvalue weighted by Crippen LogP contribution is 2.36. The fourth-order valence-electron chi connectivity index (χ4n) is 0.386. The highest BCUT2D eigenvalue weighted by molar-refractivity contribution is 8.09. The van der Waals surface area contributed by atoms with Crippen LogP contribution in [0.4, 0.5) is 0 Å². The van der Waals surface area contributed by atoms with Crippen LogP contribution in [-0.4, -0.2) is 16.9 Å². The van der Waals surface area contributed by atoms with E-state index in [1.807, 2.05) is 0 Å². The summed E-state index contributed by atoms with van der Waals surface area (Å²) in [5.41, 5.74) is 2.90. The Kier molecular flexibility index (Phi) is 2.89. The highest BCUT2D eigenvalue weighted by atomic mass is 32.2. The Morgan fingerprint density at radius 3 is 2.00 bits per heavy atom. The lowest BCUT2D eigenvalue weighted by molar-refractivity contribution is 1.98. The second-order valence-electron chi connectivity index (χ2n) is 1.17. The van der Waals surface area contributed by atoms with E-state index < -0.39 is 0 Å². The maximum absolute atomic E-state index is 2.12. The Balaban J connectivity index is 2.00. The standard InChI is InChI=1S/C3H8P2S/c1-4-2-6-3-5-1/h4-5H,1-3H2. The lowest BCUT2D eigenvalue weighted by Gasteiger charge is -2.06. The first-order valence-electron chi connectivity index (χ1n) is 1.99. The van der Waals surface area contributed by atoms with Gasteiger partial charge in [0.05, 0.1) is 0 Å². The van der Waals surface area contributed by atoms with Crippen molar-refractivity contribution in [2.24, 2.45) is 0 Å². The van der Waals surface area contributed by atoms with Crippen LogP contribution in [0.15, 0.2) is 0 Å². The van der Waals surface area contributed by atoms with Crippen molar-refractivity contribution in [3.8, 4) is 0 Å². The molecule has 1 aliphatic heterocycles. The zero-order chi connectivity index (χ0) is 4.24. The Morgan fingerprint density at radius 2 is 1.83 bits per heavy atom. The van der Waals surface area contributed by atoms with E-state index in [4.69, 9.17) is 0 Å². The first-order valence-corrected chi connectivity index (χ1v) is 5.97. The molecule has 0 aromatic carbocycles. The van der Waals surface area contributed by atoms with Crippen LogP contribution >= 0.6 is 28.9 Å². The minimum Gasteiger partial charge on any atom is -0.153 e. The van der Waals surface area contributed by atoms with Crippen LogP contribution in [0, 0.1) is 0 Å². The molecule has 3 heteroatoms. The topological polar surface area (TPSA) is 0 Å². The molecular formula is C3H8P2S. The summed E-state index contributed by atoms with van der Waals surface area (Å²) in [6.45, 7) is 0. The summed E-state index contributed by atoms with van der Waals surface area (Å²) in [5, 5.41) is 0. The van der Waals surface area contributed by atoms with E-state index >= 15 is 0 Å². The molecule has 0 nitrogen and oxygen atoms in total. The van der Waals surface area contributed by atoms with Gasteiger partial charge in [0.1, 0.15) is 0 Å². The Labute approximate surface area is 46.4 Å². The van der Waals surface area contributed by atoms with E-state index in [9.17, 15) is 0 Å². The van der Waals surface area contributed by atoms with Crippen LogP contribution in [0.3, 0.4) is 0 Å². The molecule has 0 amide bonds. The van der Waals surface area contributed by atoms with Crippen molar-refractivity contribution in [3.63, 3.8) is 0 Å². The molecular weight excluding hydrogens is 130 g/mol. The number of hydrogen-bond acceptors (Lipinski definition) is 1. The summed E-state index contributed by atoms with van der Waals surface area (Å²) in [4.78, 5) is 0. The third-order valence-electron chi connectivity index (χ3n) is 0.658. The third kappa shape index (κ3) is 1.78. The van der Waals surface area contributed by atoms with Crippen LogP contribution in [0.25, 0.3) is 0 Å². The molecule has 1 saturated heterocycles. The Bertz CT molecular complexity index is 24.3. The van der Waals surface area contributed by atoms with Crippen molar-refractivity contribution >= 4 is 28.9 Å². The second-order valence-corrected chi connectivity index (χ2v) is 6.30.